The van der Waals surface area contributed by atoms with Crippen molar-refractivity contribution >= 4 is 154 Å². The van der Waals surface area contributed by atoms with Gasteiger partial charge in [-0.15, -0.1) is 0 Å². The number of benzene rings is 18. The van der Waals surface area contributed by atoms with Crippen LogP contribution in [0, 0.1) is 0 Å². The summed E-state index contributed by atoms with van der Waals surface area (Å²) in [6, 6.07) is 141. The van der Waals surface area contributed by atoms with Crippen LogP contribution in [-0.4, -0.2) is 9.13 Å². The Bertz CT molecular complexity index is 7340. The molecule has 0 atom stereocenters. The molecule has 0 unspecified atom stereocenters. The summed E-state index contributed by atoms with van der Waals surface area (Å²) in [6.07, 6.45) is 0. The van der Waals surface area contributed by atoms with Crippen LogP contribution < -0.4 is 9.80 Å². The topological polar surface area (TPSA) is 42.6 Å². The molecular formula is C102H64N4O2. The van der Waals surface area contributed by atoms with Gasteiger partial charge in [-0.05, 0) is 188 Å². The average molecular weight is 1380 g/mol. The van der Waals surface area contributed by atoms with Gasteiger partial charge in [-0.25, -0.2) is 0 Å². The first kappa shape index (κ1) is 61.1. The molecule has 18 aromatic carbocycles. The number of furan rings is 2. The van der Waals surface area contributed by atoms with Crippen LogP contribution in [0.15, 0.2) is 397 Å². The van der Waals surface area contributed by atoms with Gasteiger partial charge in [-0.1, -0.05) is 261 Å². The Balaban J connectivity index is 0.657. The Morgan fingerprint density at radius 1 is 0.204 bits per heavy atom. The normalized spacial score (nSPS) is 11.9. The van der Waals surface area contributed by atoms with Gasteiger partial charge in [-0.2, -0.15) is 0 Å². The lowest BCUT2D eigenvalue weighted by Crippen LogP contribution is -2.13. The predicted molar refractivity (Wildman–Crippen MR) is 453 cm³/mol. The van der Waals surface area contributed by atoms with Crippen molar-refractivity contribution < 1.29 is 8.83 Å². The van der Waals surface area contributed by atoms with Gasteiger partial charge in [-0.3, -0.25) is 0 Å². The smallest absolute Gasteiger partial charge is 0.143 e. The SMILES string of the molecule is c1ccc(-c2ccc(N(c3cccc(-c4cccc5oc6c7cc(-c8ccc9c(c8)c8ccccc8n9-c8ccccc8N(c8cccc(-c9cccc%10oc%11c%12ccccc%12ccc%11c9%10)c8)c8cccc9ccccc89)ccc7ccc6c45)c3)c3ccccc3-n3c4ccccc4c4ccccc43)cc2)cc1. The Kier molecular flexibility index (Phi) is 13.9. The summed E-state index contributed by atoms with van der Waals surface area (Å²) < 4.78 is 18.8. The highest BCUT2D eigenvalue weighted by Crippen LogP contribution is 2.50. The number of hydrogen-bond acceptors (Lipinski definition) is 4. The second-order valence-electron chi connectivity index (χ2n) is 28.2. The Labute approximate surface area is 621 Å². The van der Waals surface area contributed by atoms with E-state index in [-0.39, 0.29) is 0 Å². The molecule has 504 valence electrons. The van der Waals surface area contributed by atoms with E-state index in [0.717, 1.165) is 183 Å². The number of anilines is 6. The van der Waals surface area contributed by atoms with Crippen LogP contribution in [0.3, 0.4) is 0 Å². The first-order valence-electron chi connectivity index (χ1n) is 36.9. The van der Waals surface area contributed by atoms with E-state index in [4.69, 9.17) is 8.83 Å². The maximum atomic E-state index is 7.15. The fraction of sp³-hybridized carbons (Fsp3) is 0. The van der Waals surface area contributed by atoms with Crippen molar-refractivity contribution in [2.24, 2.45) is 0 Å². The fourth-order valence-corrected chi connectivity index (χ4v) is 17.4. The van der Waals surface area contributed by atoms with Gasteiger partial charge < -0.3 is 27.8 Å². The lowest BCUT2D eigenvalue weighted by atomic mass is 9.96. The minimum absolute atomic E-state index is 0.839. The van der Waals surface area contributed by atoms with Crippen molar-refractivity contribution in [3.63, 3.8) is 0 Å². The van der Waals surface area contributed by atoms with E-state index in [1.807, 2.05) is 0 Å². The van der Waals surface area contributed by atoms with Crippen LogP contribution in [0.2, 0.25) is 0 Å². The molecular weight excluding hydrogens is 1310 g/mol. The third-order valence-corrected chi connectivity index (χ3v) is 22.3. The first-order valence-corrected chi connectivity index (χ1v) is 36.9. The van der Waals surface area contributed by atoms with Crippen molar-refractivity contribution in [1.82, 2.24) is 9.13 Å². The zero-order chi connectivity index (χ0) is 70.9. The Hall–Kier alpha value is -14.5. The van der Waals surface area contributed by atoms with Gasteiger partial charge in [0.15, 0.2) is 0 Å². The molecule has 6 heteroatoms. The standard InChI is InChI=1S/C102H64N4O2/c1-2-23-65(24-3-1)66-51-56-74(57-52-66)103(93-42-14-16-44-95(93)105-89-39-11-8-34-81(89)82-35-9-12-40-90(82)105)75-30-18-28-72(61-75)78-37-22-48-98-100(78)85-59-54-69-49-50-70(63-86(69)102(85)108-98)71-55-60-92-87(64-71)83-36-10-13-41-91(83)106(92)96-45-17-15-43-94(96)104(88-46-20-27-67-25-4-6-32-77(67)88)76-31-19-29-73(62-76)79-38-21-47-97-99(79)84-58-53-68-26-5-7-33-80(68)101(84)107-97/h1-64H. The highest BCUT2D eigenvalue weighted by atomic mass is 16.3. The van der Waals surface area contributed by atoms with Gasteiger partial charge in [0.1, 0.15) is 22.3 Å². The largest absolute Gasteiger partial charge is 0.455 e. The molecule has 0 bridgehead atoms. The minimum atomic E-state index is 0.839. The Morgan fingerprint density at radius 3 is 1.22 bits per heavy atom. The maximum Gasteiger partial charge on any atom is 0.143 e. The van der Waals surface area contributed by atoms with Crippen molar-refractivity contribution in [2.45, 2.75) is 0 Å². The van der Waals surface area contributed by atoms with E-state index in [2.05, 4.69) is 407 Å². The average Bonchev–Trinajstić information content (AvgIpc) is 1.72. The van der Waals surface area contributed by atoms with E-state index in [1.54, 1.807) is 0 Å². The molecule has 0 aliphatic rings. The molecule has 22 aromatic rings. The predicted octanol–water partition coefficient (Wildman–Crippen LogP) is 28.7. The van der Waals surface area contributed by atoms with Crippen LogP contribution in [0.1, 0.15) is 0 Å². The number of hydrogen-bond donors (Lipinski definition) is 0. The van der Waals surface area contributed by atoms with Gasteiger partial charge in [0, 0.05) is 76.3 Å². The summed E-state index contributed by atoms with van der Waals surface area (Å²) >= 11 is 0. The summed E-state index contributed by atoms with van der Waals surface area (Å²) in [5.74, 6) is 0. The zero-order valence-electron chi connectivity index (χ0n) is 58.6. The zero-order valence-corrected chi connectivity index (χ0v) is 58.6. The molecule has 0 aliphatic carbocycles. The minimum Gasteiger partial charge on any atom is -0.455 e. The van der Waals surface area contributed by atoms with Crippen LogP contribution in [-0.2, 0) is 0 Å². The van der Waals surface area contributed by atoms with Gasteiger partial charge >= 0.3 is 0 Å². The van der Waals surface area contributed by atoms with E-state index in [1.165, 1.54) is 27.1 Å². The quantitative estimate of drug-likeness (QED) is 0.122. The number of rotatable bonds is 12. The molecule has 0 fully saturated rings. The number of nitrogens with zero attached hydrogens (tertiary/aromatic N) is 4. The summed E-state index contributed by atoms with van der Waals surface area (Å²) in [5.41, 5.74) is 25.4. The molecule has 6 nitrogen and oxygen atoms in total. The van der Waals surface area contributed by atoms with Crippen molar-refractivity contribution in [3.05, 3.63) is 388 Å². The van der Waals surface area contributed by atoms with E-state index >= 15 is 0 Å². The van der Waals surface area contributed by atoms with Gasteiger partial charge in [0.05, 0.1) is 50.5 Å². The molecule has 0 spiro atoms. The Morgan fingerprint density at radius 2 is 0.602 bits per heavy atom. The van der Waals surface area contributed by atoms with Crippen LogP contribution in [0.25, 0.3) is 176 Å². The number of fused-ring (bicyclic) bond motifs is 17. The number of para-hydroxylation sites is 7. The fourth-order valence-electron chi connectivity index (χ4n) is 17.4. The monoisotopic (exact) mass is 1380 g/mol. The van der Waals surface area contributed by atoms with E-state index < -0.39 is 0 Å². The lowest BCUT2D eigenvalue weighted by molar-refractivity contribution is 0.672. The summed E-state index contributed by atoms with van der Waals surface area (Å²) in [4.78, 5) is 4.88. The molecule has 0 radical (unpaired) electrons. The second-order valence-corrected chi connectivity index (χ2v) is 28.2. The highest BCUT2D eigenvalue weighted by molar-refractivity contribution is 6.22. The molecule has 4 aromatic heterocycles. The molecule has 0 saturated carbocycles. The molecule has 22 rings (SSSR count). The lowest BCUT2D eigenvalue weighted by Gasteiger charge is -2.30. The van der Waals surface area contributed by atoms with Crippen molar-refractivity contribution in [3.8, 4) is 55.9 Å². The number of aromatic nitrogens is 2. The maximum absolute atomic E-state index is 7.15. The van der Waals surface area contributed by atoms with Crippen molar-refractivity contribution in [1.29, 1.82) is 0 Å². The van der Waals surface area contributed by atoms with E-state index in [0.29, 0.717) is 0 Å². The molecule has 4 heterocycles. The molecule has 0 N–H and O–H groups in total. The molecule has 0 aliphatic heterocycles. The molecule has 0 saturated heterocycles. The van der Waals surface area contributed by atoms with Crippen LogP contribution in [0.5, 0.6) is 0 Å². The van der Waals surface area contributed by atoms with Gasteiger partial charge in [0.2, 0.25) is 0 Å². The summed E-state index contributed by atoms with van der Waals surface area (Å²) in [5, 5.41) is 15.9. The van der Waals surface area contributed by atoms with Crippen LogP contribution >= 0.6 is 0 Å². The van der Waals surface area contributed by atoms with E-state index in [9.17, 15) is 0 Å². The van der Waals surface area contributed by atoms with Gasteiger partial charge in [0.25, 0.3) is 0 Å². The highest BCUT2D eigenvalue weighted by Gasteiger charge is 2.27. The van der Waals surface area contributed by atoms with Crippen LogP contribution in [0.4, 0.5) is 34.1 Å². The molecule has 108 heavy (non-hydrogen) atoms. The first-order chi connectivity index (χ1) is 53.6. The summed E-state index contributed by atoms with van der Waals surface area (Å²) in [7, 11) is 0. The second kappa shape index (κ2) is 24.6. The summed E-state index contributed by atoms with van der Waals surface area (Å²) in [6.45, 7) is 0. The third kappa shape index (κ3) is 9.67. The van der Waals surface area contributed by atoms with Crippen molar-refractivity contribution in [2.75, 3.05) is 9.80 Å². The molecule has 0 amide bonds. The third-order valence-electron chi connectivity index (χ3n) is 22.3.